The molecule has 2 amide bonds. The second-order valence-corrected chi connectivity index (χ2v) is 5.89. The number of carbonyl (C=O) groups excluding carboxylic acids is 3. The van der Waals surface area contributed by atoms with Crippen LogP contribution in [-0.4, -0.2) is 35.8 Å². The minimum absolute atomic E-state index is 0.0432. The first-order valence-corrected chi connectivity index (χ1v) is 8.55. The summed E-state index contributed by atoms with van der Waals surface area (Å²) in [7, 11) is 0. The fourth-order valence-corrected chi connectivity index (χ4v) is 2.86. The van der Waals surface area contributed by atoms with E-state index in [0.29, 0.717) is 12.4 Å². The van der Waals surface area contributed by atoms with Crippen LogP contribution in [-0.2, 0) is 11.3 Å². The highest BCUT2D eigenvalue weighted by Gasteiger charge is 2.35. The molecule has 0 fully saturated rings. The molecule has 2 aromatic rings. The topological polar surface area (TPSA) is 72.9 Å². The van der Waals surface area contributed by atoms with Crippen LogP contribution in [0.2, 0.25) is 0 Å². The highest BCUT2D eigenvalue weighted by Crippen LogP contribution is 2.25. The molecule has 27 heavy (non-hydrogen) atoms. The number of para-hydroxylation sites is 1. The Morgan fingerprint density at radius 1 is 1.11 bits per heavy atom. The van der Waals surface area contributed by atoms with Crippen molar-refractivity contribution in [2.24, 2.45) is 0 Å². The fraction of sp³-hybridized carbons (Fsp3) is 0.190. The van der Waals surface area contributed by atoms with Crippen molar-refractivity contribution in [2.75, 3.05) is 13.2 Å². The molecule has 0 unspecified atom stereocenters. The second kappa shape index (κ2) is 7.86. The molecular formula is C21H19NO5. The van der Waals surface area contributed by atoms with Crippen LogP contribution in [0.1, 0.15) is 43.6 Å². The van der Waals surface area contributed by atoms with Crippen molar-refractivity contribution in [1.29, 1.82) is 0 Å². The SMILES string of the molecule is C=CCN1C(=O)c2ccc(C(=O)OCc3ccccc3OCC)cc2C1=O. The summed E-state index contributed by atoms with van der Waals surface area (Å²) >= 11 is 0. The smallest absolute Gasteiger partial charge is 0.338 e. The maximum absolute atomic E-state index is 12.4. The zero-order valence-electron chi connectivity index (χ0n) is 14.9. The third-order valence-corrected chi connectivity index (χ3v) is 4.15. The highest BCUT2D eigenvalue weighted by molar-refractivity contribution is 6.22. The number of amides is 2. The Bertz CT molecular complexity index is 919. The normalized spacial score (nSPS) is 12.7. The quantitative estimate of drug-likeness (QED) is 0.428. The first kappa shape index (κ1) is 18.4. The lowest BCUT2D eigenvalue weighted by molar-refractivity contribution is 0.0469. The van der Waals surface area contributed by atoms with E-state index in [2.05, 4.69) is 6.58 Å². The van der Waals surface area contributed by atoms with Gasteiger partial charge >= 0.3 is 5.97 Å². The van der Waals surface area contributed by atoms with Gasteiger partial charge in [-0.25, -0.2) is 4.79 Å². The Labute approximate surface area is 157 Å². The van der Waals surface area contributed by atoms with Gasteiger partial charge in [0.15, 0.2) is 0 Å². The van der Waals surface area contributed by atoms with Crippen LogP contribution in [0.3, 0.4) is 0 Å². The minimum atomic E-state index is -0.577. The average Bonchev–Trinajstić information content (AvgIpc) is 2.92. The summed E-state index contributed by atoms with van der Waals surface area (Å²) in [5.41, 5.74) is 1.44. The number of carbonyl (C=O) groups is 3. The number of imide groups is 1. The molecule has 0 bridgehead atoms. The first-order valence-electron chi connectivity index (χ1n) is 8.55. The Hall–Kier alpha value is -3.41. The van der Waals surface area contributed by atoms with Gasteiger partial charge < -0.3 is 9.47 Å². The predicted molar refractivity (Wildman–Crippen MR) is 98.7 cm³/mol. The largest absolute Gasteiger partial charge is 0.493 e. The molecule has 0 spiro atoms. The Balaban J connectivity index is 1.75. The minimum Gasteiger partial charge on any atom is -0.493 e. The number of esters is 1. The first-order chi connectivity index (χ1) is 13.1. The third kappa shape index (κ3) is 3.60. The van der Waals surface area contributed by atoms with Gasteiger partial charge in [0.2, 0.25) is 0 Å². The van der Waals surface area contributed by atoms with Gasteiger partial charge in [-0.05, 0) is 31.2 Å². The van der Waals surface area contributed by atoms with E-state index in [1.54, 1.807) is 6.07 Å². The summed E-state index contributed by atoms with van der Waals surface area (Å²) in [6.07, 6.45) is 1.48. The zero-order chi connectivity index (χ0) is 19.4. The number of fused-ring (bicyclic) bond motifs is 1. The van der Waals surface area contributed by atoms with Gasteiger partial charge in [-0.2, -0.15) is 0 Å². The molecule has 3 rings (SSSR count). The predicted octanol–water partition coefficient (Wildman–Crippen LogP) is 3.22. The van der Waals surface area contributed by atoms with Crippen molar-refractivity contribution in [1.82, 2.24) is 4.90 Å². The number of hydrogen-bond donors (Lipinski definition) is 0. The zero-order valence-corrected chi connectivity index (χ0v) is 14.9. The van der Waals surface area contributed by atoms with Gasteiger partial charge in [0, 0.05) is 12.1 Å². The summed E-state index contributed by atoms with van der Waals surface area (Å²) in [6.45, 7) is 6.10. The van der Waals surface area contributed by atoms with E-state index >= 15 is 0 Å². The summed E-state index contributed by atoms with van der Waals surface area (Å²) in [4.78, 5) is 38.1. The lowest BCUT2D eigenvalue weighted by Crippen LogP contribution is -2.29. The Morgan fingerprint density at radius 3 is 2.59 bits per heavy atom. The Morgan fingerprint density at radius 2 is 1.85 bits per heavy atom. The van der Waals surface area contributed by atoms with E-state index in [1.165, 1.54) is 24.3 Å². The van der Waals surface area contributed by atoms with Crippen molar-refractivity contribution >= 4 is 17.8 Å². The molecular weight excluding hydrogens is 346 g/mol. The van der Waals surface area contributed by atoms with Crippen LogP contribution in [0.5, 0.6) is 5.75 Å². The summed E-state index contributed by atoms with van der Waals surface area (Å²) in [5.74, 6) is -0.749. The van der Waals surface area contributed by atoms with Gasteiger partial charge in [-0.1, -0.05) is 24.3 Å². The van der Waals surface area contributed by atoms with E-state index in [-0.39, 0.29) is 35.7 Å². The number of ether oxygens (including phenoxy) is 2. The van der Waals surface area contributed by atoms with E-state index in [4.69, 9.17) is 9.47 Å². The van der Waals surface area contributed by atoms with Crippen LogP contribution in [0, 0.1) is 0 Å². The molecule has 1 heterocycles. The van der Waals surface area contributed by atoms with E-state index in [0.717, 1.165) is 10.5 Å². The number of rotatable bonds is 7. The van der Waals surface area contributed by atoms with Gasteiger partial charge in [-0.15, -0.1) is 6.58 Å². The lowest BCUT2D eigenvalue weighted by atomic mass is 10.1. The molecule has 138 valence electrons. The second-order valence-electron chi connectivity index (χ2n) is 5.89. The molecule has 0 N–H and O–H groups in total. The highest BCUT2D eigenvalue weighted by atomic mass is 16.5. The molecule has 6 heteroatoms. The van der Waals surface area contributed by atoms with Crippen LogP contribution in [0.25, 0.3) is 0 Å². The van der Waals surface area contributed by atoms with Crippen molar-refractivity contribution < 1.29 is 23.9 Å². The van der Waals surface area contributed by atoms with Gasteiger partial charge in [-0.3, -0.25) is 14.5 Å². The molecule has 0 atom stereocenters. The molecule has 2 aromatic carbocycles. The maximum Gasteiger partial charge on any atom is 0.338 e. The maximum atomic E-state index is 12.4. The standard InChI is InChI=1S/C21H19NO5/c1-3-11-22-19(23)16-10-9-14(12-17(16)20(22)24)21(25)27-13-15-7-5-6-8-18(15)26-4-2/h3,5-10,12H,1,4,11,13H2,2H3. The molecule has 0 saturated heterocycles. The number of nitrogens with zero attached hydrogens (tertiary/aromatic N) is 1. The average molecular weight is 365 g/mol. The Kier molecular flexibility index (Phi) is 5.35. The van der Waals surface area contributed by atoms with E-state index in [9.17, 15) is 14.4 Å². The number of hydrogen-bond acceptors (Lipinski definition) is 5. The third-order valence-electron chi connectivity index (χ3n) is 4.15. The molecule has 6 nitrogen and oxygen atoms in total. The van der Waals surface area contributed by atoms with Gasteiger partial charge in [0.25, 0.3) is 11.8 Å². The summed E-state index contributed by atoms with van der Waals surface area (Å²) in [6, 6.07) is 11.7. The van der Waals surface area contributed by atoms with Gasteiger partial charge in [0.1, 0.15) is 12.4 Å². The lowest BCUT2D eigenvalue weighted by Gasteiger charge is -2.10. The van der Waals surface area contributed by atoms with Crippen molar-refractivity contribution in [3.05, 3.63) is 77.4 Å². The van der Waals surface area contributed by atoms with E-state index in [1.807, 2.05) is 25.1 Å². The van der Waals surface area contributed by atoms with Crippen LogP contribution in [0.4, 0.5) is 0 Å². The molecule has 1 aliphatic heterocycles. The molecule has 0 radical (unpaired) electrons. The molecule has 1 aliphatic rings. The van der Waals surface area contributed by atoms with Crippen molar-refractivity contribution in [3.8, 4) is 5.75 Å². The summed E-state index contributed by atoms with van der Waals surface area (Å²) in [5, 5.41) is 0. The van der Waals surface area contributed by atoms with Gasteiger partial charge in [0.05, 0.1) is 23.3 Å². The fourth-order valence-electron chi connectivity index (χ4n) is 2.86. The van der Waals surface area contributed by atoms with Crippen LogP contribution in [0.15, 0.2) is 55.1 Å². The van der Waals surface area contributed by atoms with Crippen molar-refractivity contribution in [3.63, 3.8) is 0 Å². The molecule has 0 aliphatic carbocycles. The van der Waals surface area contributed by atoms with E-state index < -0.39 is 11.9 Å². The summed E-state index contributed by atoms with van der Waals surface area (Å²) < 4.78 is 10.9. The molecule has 0 aromatic heterocycles. The monoisotopic (exact) mass is 365 g/mol. The number of benzene rings is 2. The van der Waals surface area contributed by atoms with Crippen molar-refractivity contribution in [2.45, 2.75) is 13.5 Å². The molecule has 0 saturated carbocycles. The van der Waals surface area contributed by atoms with Crippen LogP contribution < -0.4 is 4.74 Å². The van der Waals surface area contributed by atoms with Crippen LogP contribution >= 0.6 is 0 Å².